The lowest BCUT2D eigenvalue weighted by atomic mass is 10.2. The maximum absolute atomic E-state index is 13.2. The fourth-order valence-corrected chi connectivity index (χ4v) is 5.87. The van der Waals surface area contributed by atoms with Gasteiger partial charge in [0.2, 0.25) is 10.0 Å². The highest BCUT2D eigenvalue weighted by Gasteiger charge is 2.28. The van der Waals surface area contributed by atoms with Crippen LogP contribution in [-0.2, 0) is 16.6 Å². The van der Waals surface area contributed by atoms with Gasteiger partial charge in [0.15, 0.2) is 0 Å². The number of para-hydroxylation sites is 1. The van der Waals surface area contributed by atoms with Gasteiger partial charge < -0.3 is 5.32 Å². The van der Waals surface area contributed by atoms with Crippen molar-refractivity contribution in [3.8, 4) is 0 Å². The highest BCUT2D eigenvalue weighted by atomic mass is 32.2. The van der Waals surface area contributed by atoms with Gasteiger partial charge in [0.1, 0.15) is 11.6 Å². The molecule has 0 amide bonds. The van der Waals surface area contributed by atoms with Crippen molar-refractivity contribution in [2.24, 2.45) is 4.99 Å². The van der Waals surface area contributed by atoms with Crippen LogP contribution in [0.2, 0.25) is 0 Å². The Bertz CT molecular complexity index is 1300. The van der Waals surface area contributed by atoms with Crippen LogP contribution in [0.25, 0.3) is 10.9 Å². The van der Waals surface area contributed by atoms with E-state index >= 15 is 0 Å². The molecule has 4 aliphatic heterocycles. The van der Waals surface area contributed by atoms with E-state index in [4.69, 9.17) is 9.97 Å². The zero-order chi connectivity index (χ0) is 24.3. The van der Waals surface area contributed by atoms with Crippen LogP contribution >= 0.6 is 0 Å². The lowest BCUT2D eigenvalue weighted by Crippen LogP contribution is -2.48. The summed E-state index contributed by atoms with van der Waals surface area (Å²) in [7, 11) is -1.49. The average Bonchev–Trinajstić information content (AvgIpc) is 2.87. The molecule has 0 saturated carbocycles. The SMILES string of the molecule is CN1CCCNc2nc(nc3ccccc23)CN2CCN(CC2)S(=O)(=O)c2ccc(cc2)C=NC1. The second-order valence-electron chi connectivity index (χ2n) is 9.07. The number of piperazine rings is 1. The molecular weight excluding hydrogens is 462 g/mol. The number of sulfonamides is 1. The summed E-state index contributed by atoms with van der Waals surface area (Å²) in [5.74, 6) is 1.59. The second-order valence-corrected chi connectivity index (χ2v) is 11.0. The van der Waals surface area contributed by atoms with E-state index in [1.165, 1.54) is 0 Å². The summed E-state index contributed by atoms with van der Waals surface area (Å²) in [4.78, 5) is 18.8. The first-order valence-electron chi connectivity index (χ1n) is 12.0. The number of fused-ring (bicyclic) bond motifs is 3. The van der Waals surface area contributed by atoms with Gasteiger partial charge in [-0.15, -0.1) is 0 Å². The standard InChI is InChI=1S/C25H31N7O2S/c1-30-12-4-11-27-25-22-5-2-3-6-23(22)28-24(29-25)18-31-13-15-32(16-14-31)35(33,34)21-9-7-20(8-10-21)17-26-19-30/h2-3,5-10,17H,4,11-16,18-19H2,1H3,(H,27,28,29). The van der Waals surface area contributed by atoms with E-state index in [2.05, 4.69) is 20.1 Å². The molecule has 1 aromatic heterocycles. The number of rotatable bonds is 0. The van der Waals surface area contributed by atoms with Crippen LogP contribution in [0.1, 0.15) is 17.8 Å². The Morgan fingerprint density at radius 1 is 0.914 bits per heavy atom. The molecule has 0 atom stereocenters. The maximum Gasteiger partial charge on any atom is 0.243 e. The monoisotopic (exact) mass is 493 g/mol. The van der Waals surface area contributed by atoms with E-state index in [1.54, 1.807) is 22.7 Å². The Morgan fingerprint density at radius 2 is 1.69 bits per heavy atom. The van der Waals surface area contributed by atoms with Gasteiger partial charge in [-0.2, -0.15) is 4.31 Å². The summed E-state index contributed by atoms with van der Waals surface area (Å²) in [6, 6.07) is 15.0. The molecule has 7 rings (SSSR count). The van der Waals surface area contributed by atoms with E-state index in [0.717, 1.165) is 47.6 Å². The Labute approximate surface area is 206 Å². The van der Waals surface area contributed by atoms with Crippen LogP contribution in [0.4, 0.5) is 5.82 Å². The van der Waals surface area contributed by atoms with Crippen molar-refractivity contribution in [2.75, 3.05) is 58.3 Å². The molecule has 9 nitrogen and oxygen atoms in total. The molecule has 3 aromatic rings. The van der Waals surface area contributed by atoms with E-state index in [0.29, 0.717) is 44.3 Å². The number of benzene rings is 2. The smallest absolute Gasteiger partial charge is 0.243 e. The zero-order valence-electron chi connectivity index (χ0n) is 20.0. The van der Waals surface area contributed by atoms with E-state index in [-0.39, 0.29) is 0 Å². The molecule has 2 aromatic carbocycles. The Kier molecular flexibility index (Phi) is 7.05. The van der Waals surface area contributed by atoms with Gasteiger partial charge >= 0.3 is 0 Å². The minimum atomic E-state index is -3.53. The lowest BCUT2D eigenvalue weighted by Gasteiger charge is -2.33. The minimum Gasteiger partial charge on any atom is -0.369 e. The topological polar surface area (TPSA) is 94.0 Å². The third-order valence-electron chi connectivity index (χ3n) is 6.44. The summed E-state index contributed by atoms with van der Waals surface area (Å²) in [6.45, 7) is 5.00. The first kappa shape index (κ1) is 23.8. The molecule has 184 valence electrons. The van der Waals surface area contributed by atoms with Crippen LogP contribution < -0.4 is 5.32 Å². The van der Waals surface area contributed by atoms with Crippen molar-refractivity contribution in [3.63, 3.8) is 0 Å². The van der Waals surface area contributed by atoms with Crippen LogP contribution in [0.3, 0.4) is 0 Å². The van der Waals surface area contributed by atoms with E-state index in [9.17, 15) is 8.42 Å². The van der Waals surface area contributed by atoms with Gasteiger partial charge in [0, 0.05) is 50.9 Å². The van der Waals surface area contributed by atoms with Gasteiger partial charge in [-0.25, -0.2) is 18.4 Å². The summed E-state index contributed by atoms with van der Waals surface area (Å²) in [6.07, 6.45) is 2.75. The van der Waals surface area contributed by atoms with Crippen LogP contribution in [0, 0.1) is 0 Å². The zero-order valence-corrected chi connectivity index (χ0v) is 20.8. The van der Waals surface area contributed by atoms with Crippen LogP contribution in [0.15, 0.2) is 58.4 Å². The summed E-state index contributed by atoms with van der Waals surface area (Å²) in [5.41, 5.74) is 1.80. The predicted octanol–water partition coefficient (Wildman–Crippen LogP) is 2.26. The van der Waals surface area contributed by atoms with Gasteiger partial charge in [-0.3, -0.25) is 14.8 Å². The van der Waals surface area contributed by atoms with E-state index < -0.39 is 10.0 Å². The second kappa shape index (κ2) is 10.4. The molecule has 1 saturated heterocycles. The van der Waals surface area contributed by atoms with Gasteiger partial charge in [-0.1, -0.05) is 24.3 Å². The maximum atomic E-state index is 13.2. The fourth-order valence-electron chi connectivity index (χ4n) is 4.45. The Morgan fingerprint density at radius 3 is 2.49 bits per heavy atom. The fraction of sp³-hybridized carbons (Fsp3) is 0.400. The highest BCUT2D eigenvalue weighted by Crippen LogP contribution is 2.22. The number of nitrogens with one attached hydrogen (secondary N) is 1. The number of anilines is 1. The molecule has 10 heteroatoms. The highest BCUT2D eigenvalue weighted by molar-refractivity contribution is 7.89. The molecule has 1 fully saturated rings. The molecule has 0 aliphatic carbocycles. The quantitative estimate of drug-likeness (QED) is 0.513. The molecule has 35 heavy (non-hydrogen) atoms. The van der Waals surface area contributed by atoms with Crippen molar-refractivity contribution < 1.29 is 8.42 Å². The molecule has 5 heterocycles. The van der Waals surface area contributed by atoms with Crippen LogP contribution in [0.5, 0.6) is 0 Å². The predicted molar refractivity (Wildman–Crippen MR) is 138 cm³/mol. The molecule has 6 bridgehead atoms. The van der Waals surface area contributed by atoms with Gasteiger partial charge in [-0.05, 0) is 43.3 Å². The van der Waals surface area contributed by atoms with Crippen LogP contribution in [-0.4, -0.2) is 91.7 Å². The van der Waals surface area contributed by atoms with Crippen molar-refractivity contribution in [1.82, 2.24) is 24.1 Å². The normalized spacial score (nSPS) is 23.6. The Hall–Kier alpha value is -2.92. The molecule has 4 aliphatic rings. The largest absolute Gasteiger partial charge is 0.369 e. The molecule has 0 radical (unpaired) electrons. The van der Waals surface area contributed by atoms with Crippen molar-refractivity contribution in [2.45, 2.75) is 17.9 Å². The summed E-state index contributed by atoms with van der Waals surface area (Å²) >= 11 is 0. The first-order valence-corrected chi connectivity index (χ1v) is 13.4. The van der Waals surface area contributed by atoms with Crippen molar-refractivity contribution >= 4 is 33.0 Å². The summed E-state index contributed by atoms with van der Waals surface area (Å²) in [5, 5.41) is 4.51. The number of hydrogen-bond donors (Lipinski definition) is 1. The van der Waals surface area contributed by atoms with Gasteiger partial charge in [0.25, 0.3) is 0 Å². The third kappa shape index (κ3) is 5.51. The van der Waals surface area contributed by atoms with E-state index in [1.807, 2.05) is 43.4 Å². The molecule has 0 unspecified atom stereocenters. The average molecular weight is 494 g/mol. The Balaban J connectivity index is 1.42. The number of aliphatic imine (C=N–C) groups is 1. The number of hydrogen-bond acceptors (Lipinski definition) is 8. The van der Waals surface area contributed by atoms with Crippen molar-refractivity contribution in [3.05, 3.63) is 59.9 Å². The number of aromatic nitrogens is 2. The first-order chi connectivity index (χ1) is 17.0. The summed E-state index contributed by atoms with van der Waals surface area (Å²) < 4.78 is 27.9. The molecular formula is C25H31N7O2S. The number of nitrogens with zero attached hydrogens (tertiary/aromatic N) is 6. The molecule has 1 N–H and O–H groups in total. The minimum absolute atomic E-state index is 0.319. The lowest BCUT2D eigenvalue weighted by molar-refractivity contribution is 0.178. The molecule has 0 spiro atoms. The third-order valence-corrected chi connectivity index (χ3v) is 8.35. The van der Waals surface area contributed by atoms with Crippen molar-refractivity contribution in [1.29, 1.82) is 0 Å². The van der Waals surface area contributed by atoms with Gasteiger partial charge in [0.05, 0.1) is 23.6 Å².